The van der Waals surface area contributed by atoms with E-state index in [1.54, 1.807) is 7.11 Å². The molecule has 0 saturated heterocycles. The number of hydrazine groups is 1. The van der Waals surface area contributed by atoms with Crippen LogP contribution in [0.15, 0.2) is 18.2 Å². The third kappa shape index (κ3) is 3.51. The summed E-state index contributed by atoms with van der Waals surface area (Å²) < 4.78 is 10.9. The van der Waals surface area contributed by atoms with E-state index in [2.05, 4.69) is 31.4 Å². The Hall–Kier alpha value is -1.10. The van der Waals surface area contributed by atoms with E-state index >= 15 is 0 Å². The van der Waals surface area contributed by atoms with E-state index in [1.165, 1.54) is 11.1 Å². The van der Waals surface area contributed by atoms with Gasteiger partial charge in [0.2, 0.25) is 0 Å². The summed E-state index contributed by atoms with van der Waals surface area (Å²) in [6, 6.07) is 6.37. The molecular weight excluding hydrogens is 252 g/mol. The van der Waals surface area contributed by atoms with Gasteiger partial charge < -0.3 is 9.47 Å². The smallest absolute Gasteiger partial charge is 0.119 e. The van der Waals surface area contributed by atoms with Crippen LogP contribution in [-0.4, -0.2) is 19.8 Å². The molecule has 0 amide bonds. The molecule has 1 unspecified atom stereocenters. The number of aryl methyl sites for hydroxylation is 1. The normalized spacial score (nSPS) is 23.2. The van der Waals surface area contributed by atoms with E-state index in [4.69, 9.17) is 15.3 Å². The first-order chi connectivity index (χ1) is 9.67. The van der Waals surface area contributed by atoms with Crippen molar-refractivity contribution in [2.24, 2.45) is 11.8 Å². The zero-order valence-electron chi connectivity index (χ0n) is 12.7. The molecule has 0 heterocycles. The molecule has 0 radical (unpaired) electrons. The van der Waals surface area contributed by atoms with Gasteiger partial charge in [-0.3, -0.25) is 11.3 Å². The van der Waals surface area contributed by atoms with Gasteiger partial charge in [0.1, 0.15) is 5.75 Å². The van der Waals surface area contributed by atoms with E-state index in [9.17, 15) is 0 Å². The topological polar surface area (TPSA) is 56.5 Å². The Kier molecular flexibility index (Phi) is 5.40. The molecule has 4 nitrogen and oxygen atoms in total. The summed E-state index contributed by atoms with van der Waals surface area (Å²) in [5.74, 6) is 7.35. The maximum absolute atomic E-state index is 5.75. The number of rotatable bonds is 7. The summed E-state index contributed by atoms with van der Waals surface area (Å²) in [4.78, 5) is 0. The number of ether oxygens (including phenoxy) is 2. The van der Waals surface area contributed by atoms with E-state index in [0.717, 1.165) is 31.6 Å². The van der Waals surface area contributed by atoms with Gasteiger partial charge in [-0.1, -0.05) is 6.07 Å². The van der Waals surface area contributed by atoms with Gasteiger partial charge >= 0.3 is 0 Å². The summed E-state index contributed by atoms with van der Waals surface area (Å²) >= 11 is 0. The molecule has 112 valence electrons. The predicted molar refractivity (Wildman–Crippen MR) is 80.6 cm³/mol. The average molecular weight is 278 g/mol. The van der Waals surface area contributed by atoms with Crippen molar-refractivity contribution in [3.05, 3.63) is 29.3 Å². The first kappa shape index (κ1) is 15.3. The fourth-order valence-electron chi connectivity index (χ4n) is 3.02. The molecule has 1 atom stereocenters. The van der Waals surface area contributed by atoms with E-state index in [1.807, 2.05) is 6.07 Å². The second kappa shape index (κ2) is 7.07. The number of methoxy groups -OCH3 is 1. The molecule has 0 spiro atoms. The molecule has 1 aliphatic rings. The molecule has 0 aliphatic heterocycles. The highest BCUT2D eigenvalue weighted by Gasteiger charge is 2.31. The lowest BCUT2D eigenvalue weighted by Gasteiger charge is -2.37. The van der Waals surface area contributed by atoms with Crippen molar-refractivity contribution >= 4 is 0 Å². The van der Waals surface area contributed by atoms with Gasteiger partial charge in [0.05, 0.1) is 13.2 Å². The zero-order valence-corrected chi connectivity index (χ0v) is 12.7. The molecule has 0 aromatic heterocycles. The highest BCUT2D eigenvalue weighted by atomic mass is 16.5. The van der Waals surface area contributed by atoms with E-state index in [0.29, 0.717) is 12.0 Å². The van der Waals surface area contributed by atoms with Gasteiger partial charge in [0, 0.05) is 12.6 Å². The largest absolute Gasteiger partial charge is 0.497 e. The van der Waals surface area contributed by atoms with Crippen LogP contribution in [0.25, 0.3) is 0 Å². The fourth-order valence-corrected chi connectivity index (χ4v) is 3.02. The van der Waals surface area contributed by atoms with E-state index in [-0.39, 0.29) is 6.04 Å². The fraction of sp³-hybridized carbons (Fsp3) is 0.625. The number of nitrogens with two attached hydrogens (primary N) is 1. The minimum atomic E-state index is 0.202. The van der Waals surface area contributed by atoms with Crippen LogP contribution in [0, 0.1) is 12.8 Å². The quantitative estimate of drug-likeness (QED) is 0.595. The van der Waals surface area contributed by atoms with Crippen LogP contribution in [0.2, 0.25) is 0 Å². The van der Waals surface area contributed by atoms with Crippen LogP contribution < -0.4 is 16.0 Å². The minimum absolute atomic E-state index is 0.202. The summed E-state index contributed by atoms with van der Waals surface area (Å²) in [6.07, 6.45) is 3.83. The Morgan fingerprint density at radius 3 is 2.70 bits per heavy atom. The first-order valence-electron chi connectivity index (χ1n) is 7.40. The predicted octanol–water partition coefficient (Wildman–Crippen LogP) is 2.71. The molecule has 0 bridgehead atoms. The Morgan fingerprint density at radius 2 is 2.15 bits per heavy atom. The lowest BCUT2D eigenvalue weighted by Crippen LogP contribution is -2.36. The molecule has 20 heavy (non-hydrogen) atoms. The van der Waals surface area contributed by atoms with Crippen LogP contribution in [0.5, 0.6) is 5.75 Å². The molecule has 1 fully saturated rings. The van der Waals surface area contributed by atoms with Gasteiger partial charge in [-0.15, -0.1) is 0 Å². The molecular formula is C16H26N2O2. The van der Waals surface area contributed by atoms with Crippen molar-refractivity contribution in [1.82, 2.24) is 5.43 Å². The SMILES string of the molecule is CCOC1CC(CC(NN)c2ccc(OC)cc2C)C1. The Labute approximate surface area is 121 Å². The number of benzene rings is 1. The lowest BCUT2D eigenvalue weighted by molar-refractivity contribution is -0.0291. The first-order valence-corrected chi connectivity index (χ1v) is 7.40. The van der Waals surface area contributed by atoms with Crippen LogP contribution >= 0.6 is 0 Å². The molecule has 3 N–H and O–H groups in total. The Bertz CT molecular complexity index is 430. The second-order valence-corrected chi connectivity index (χ2v) is 5.59. The number of hydrogen-bond donors (Lipinski definition) is 2. The summed E-state index contributed by atoms with van der Waals surface area (Å²) in [5, 5.41) is 0. The van der Waals surface area contributed by atoms with Crippen molar-refractivity contribution in [2.75, 3.05) is 13.7 Å². The Balaban J connectivity index is 1.95. The highest BCUT2D eigenvalue weighted by molar-refractivity contribution is 5.36. The van der Waals surface area contributed by atoms with Crippen molar-refractivity contribution in [2.45, 2.75) is 45.3 Å². The van der Waals surface area contributed by atoms with Crippen LogP contribution in [-0.2, 0) is 4.74 Å². The maximum Gasteiger partial charge on any atom is 0.119 e. The monoisotopic (exact) mass is 278 g/mol. The third-order valence-electron chi connectivity index (χ3n) is 4.22. The van der Waals surface area contributed by atoms with Gasteiger partial charge in [0.25, 0.3) is 0 Å². The highest BCUT2D eigenvalue weighted by Crippen LogP contribution is 2.37. The number of nitrogens with one attached hydrogen (secondary N) is 1. The van der Waals surface area contributed by atoms with E-state index < -0.39 is 0 Å². The molecule has 1 aliphatic carbocycles. The molecule has 1 saturated carbocycles. The summed E-state index contributed by atoms with van der Waals surface area (Å²) in [7, 11) is 1.69. The van der Waals surface area contributed by atoms with Crippen molar-refractivity contribution < 1.29 is 9.47 Å². The minimum Gasteiger partial charge on any atom is -0.497 e. The van der Waals surface area contributed by atoms with Crippen molar-refractivity contribution in [1.29, 1.82) is 0 Å². The van der Waals surface area contributed by atoms with Crippen molar-refractivity contribution in [3.8, 4) is 5.75 Å². The molecule has 4 heteroatoms. The molecule has 2 rings (SSSR count). The summed E-state index contributed by atoms with van der Waals surface area (Å²) in [5.41, 5.74) is 5.43. The van der Waals surface area contributed by atoms with Gasteiger partial charge in [-0.05, 0) is 62.3 Å². The van der Waals surface area contributed by atoms with Gasteiger partial charge in [0.15, 0.2) is 0 Å². The van der Waals surface area contributed by atoms with Crippen LogP contribution in [0.4, 0.5) is 0 Å². The molecule has 1 aromatic rings. The Morgan fingerprint density at radius 1 is 1.40 bits per heavy atom. The number of hydrogen-bond acceptors (Lipinski definition) is 4. The van der Waals surface area contributed by atoms with Crippen LogP contribution in [0.1, 0.15) is 43.4 Å². The average Bonchev–Trinajstić information content (AvgIpc) is 2.42. The third-order valence-corrected chi connectivity index (χ3v) is 4.22. The standard InChI is InChI=1S/C16H26N2O2/c1-4-20-14-8-12(9-14)10-16(18-17)15-6-5-13(19-3)7-11(15)2/h5-7,12,14,16,18H,4,8-10,17H2,1-3H3. The zero-order chi connectivity index (χ0) is 14.5. The summed E-state index contributed by atoms with van der Waals surface area (Å²) in [6.45, 7) is 4.97. The van der Waals surface area contributed by atoms with Gasteiger partial charge in [-0.2, -0.15) is 0 Å². The van der Waals surface area contributed by atoms with Crippen LogP contribution in [0.3, 0.4) is 0 Å². The lowest BCUT2D eigenvalue weighted by atomic mass is 9.77. The van der Waals surface area contributed by atoms with Crippen molar-refractivity contribution in [3.63, 3.8) is 0 Å². The second-order valence-electron chi connectivity index (χ2n) is 5.59. The maximum atomic E-state index is 5.75. The van der Waals surface area contributed by atoms with Gasteiger partial charge in [-0.25, -0.2) is 0 Å². The molecule has 1 aromatic carbocycles.